The predicted octanol–water partition coefficient (Wildman–Crippen LogP) is 3.51. The second kappa shape index (κ2) is 12.8. The SMILES string of the molecule is Cc1ncnc(C(=O)N2CCC3(CC2)COCc2c3c(=O)n3nc(C4=CCOCC4)nc3n2CC(=O)Nc2ccc(C(F)(F)F)cc2Cl)c1O. The molecule has 0 atom stereocenters. The van der Waals surface area contributed by atoms with Gasteiger partial charge in [0.1, 0.15) is 12.9 Å². The Kier molecular flexibility index (Phi) is 8.60. The maximum atomic E-state index is 14.4. The Morgan fingerprint density at radius 2 is 1.94 bits per heavy atom. The quantitative estimate of drug-likeness (QED) is 0.313. The summed E-state index contributed by atoms with van der Waals surface area (Å²) in [5, 5.41) is 17.2. The van der Waals surface area contributed by atoms with Crippen LogP contribution < -0.4 is 10.9 Å². The van der Waals surface area contributed by atoms with Crippen LogP contribution in [0.1, 0.15) is 58.1 Å². The molecule has 1 saturated heterocycles. The number of carbonyl (C=O) groups excluding carboxylic acids is 2. The van der Waals surface area contributed by atoms with Crippen molar-refractivity contribution in [3.63, 3.8) is 0 Å². The van der Waals surface area contributed by atoms with Gasteiger partial charge in [0.25, 0.3) is 11.5 Å². The third-order valence-corrected chi connectivity index (χ3v) is 9.65. The number of likely N-dealkylation sites (tertiary alicyclic amines) is 1. The smallest absolute Gasteiger partial charge is 0.416 e. The van der Waals surface area contributed by atoms with Gasteiger partial charge in [0, 0.05) is 18.5 Å². The lowest BCUT2D eigenvalue weighted by Crippen LogP contribution is -2.52. The van der Waals surface area contributed by atoms with E-state index in [1.165, 1.54) is 10.9 Å². The van der Waals surface area contributed by atoms with Crippen LogP contribution >= 0.6 is 11.6 Å². The van der Waals surface area contributed by atoms with Crippen LogP contribution in [-0.4, -0.2) is 83.9 Å². The van der Waals surface area contributed by atoms with Gasteiger partial charge in [-0.2, -0.15) is 22.7 Å². The number of alkyl halides is 3. The van der Waals surface area contributed by atoms with E-state index in [-0.39, 0.29) is 59.9 Å². The number of nitrogens with one attached hydrogen (secondary N) is 1. The number of halogens is 4. The molecule has 6 heterocycles. The highest BCUT2D eigenvalue weighted by Gasteiger charge is 2.45. The molecule has 3 aromatic heterocycles. The highest BCUT2D eigenvalue weighted by Crippen LogP contribution is 2.40. The minimum absolute atomic E-state index is 0.0280. The van der Waals surface area contributed by atoms with Gasteiger partial charge in [0.15, 0.2) is 17.3 Å². The van der Waals surface area contributed by atoms with Crippen molar-refractivity contribution in [2.24, 2.45) is 0 Å². The van der Waals surface area contributed by atoms with Crippen LogP contribution in [0.5, 0.6) is 5.75 Å². The Morgan fingerprint density at radius 1 is 1.16 bits per heavy atom. The van der Waals surface area contributed by atoms with Gasteiger partial charge in [-0.15, -0.1) is 5.10 Å². The fourth-order valence-corrected chi connectivity index (χ4v) is 6.89. The Hall–Kier alpha value is -4.87. The molecular weight excluding hydrogens is 685 g/mol. The number of hydrogen-bond donors (Lipinski definition) is 2. The Bertz CT molecular complexity index is 2120. The number of rotatable bonds is 5. The molecule has 2 amide bonds. The van der Waals surface area contributed by atoms with E-state index in [1.54, 1.807) is 11.8 Å². The van der Waals surface area contributed by atoms with Crippen molar-refractivity contribution in [3.8, 4) is 5.75 Å². The number of benzene rings is 1. The van der Waals surface area contributed by atoms with E-state index in [4.69, 9.17) is 21.1 Å². The van der Waals surface area contributed by atoms with E-state index in [1.807, 2.05) is 6.08 Å². The zero-order valence-electron chi connectivity index (χ0n) is 26.6. The summed E-state index contributed by atoms with van der Waals surface area (Å²) in [6, 6.07) is 2.61. The first-order chi connectivity index (χ1) is 23.9. The van der Waals surface area contributed by atoms with Gasteiger partial charge >= 0.3 is 6.18 Å². The summed E-state index contributed by atoms with van der Waals surface area (Å²) in [5.41, 5.74) is -0.596. The molecule has 7 rings (SSSR count). The van der Waals surface area contributed by atoms with Crippen molar-refractivity contribution in [3.05, 3.63) is 80.0 Å². The van der Waals surface area contributed by atoms with Crippen molar-refractivity contribution in [2.45, 2.75) is 50.9 Å². The number of nitrogens with zero attached hydrogens (tertiary/aromatic N) is 7. The van der Waals surface area contributed by atoms with Crippen molar-refractivity contribution in [1.82, 2.24) is 34.0 Å². The minimum Gasteiger partial charge on any atom is -0.504 e. The van der Waals surface area contributed by atoms with Gasteiger partial charge in [-0.1, -0.05) is 17.7 Å². The number of amides is 2. The fourth-order valence-electron chi connectivity index (χ4n) is 6.66. The number of aromatic nitrogens is 6. The maximum absolute atomic E-state index is 14.4. The molecule has 50 heavy (non-hydrogen) atoms. The molecule has 0 saturated carbocycles. The van der Waals surface area contributed by atoms with E-state index in [9.17, 15) is 32.7 Å². The average molecular weight is 715 g/mol. The van der Waals surface area contributed by atoms with Gasteiger partial charge in [-0.3, -0.25) is 14.4 Å². The molecular formula is C32H30ClF3N8O6. The normalized spacial score (nSPS) is 17.5. The number of piperidine rings is 1. The topological polar surface area (TPSA) is 166 Å². The molecule has 262 valence electrons. The summed E-state index contributed by atoms with van der Waals surface area (Å²) in [7, 11) is 0. The minimum atomic E-state index is -4.62. The van der Waals surface area contributed by atoms with Crippen LogP contribution in [-0.2, 0) is 39.0 Å². The highest BCUT2D eigenvalue weighted by molar-refractivity contribution is 6.33. The molecule has 2 N–H and O–H groups in total. The molecule has 14 nitrogen and oxygen atoms in total. The first-order valence-electron chi connectivity index (χ1n) is 15.7. The van der Waals surface area contributed by atoms with E-state index in [2.05, 4.69) is 25.4 Å². The molecule has 0 aliphatic carbocycles. The second-order valence-electron chi connectivity index (χ2n) is 12.4. The third kappa shape index (κ3) is 5.98. The number of anilines is 1. The van der Waals surface area contributed by atoms with E-state index in [0.29, 0.717) is 49.6 Å². The van der Waals surface area contributed by atoms with Crippen LogP contribution in [0.3, 0.4) is 0 Å². The molecule has 3 aliphatic heterocycles. The summed E-state index contributed by atoms with van der Waals surface area (Å²) in [4.78, 5) is 55.3. The first kappa shape index (κ1) is 33.6. The third-order valence-electron chi connectivity index (χ3n) is 9.34. The Labute approximate surface area is 286 Å². The lowest BCUT2D eigenvalue weighted by molar-refractivity contribution is -0.137. The van der Waals surface area contributed by atoms with Crippen molar-refractivity contribution < 1.29 is 37.3 Å². The largest absolute Gasteiger partial charge is 0.504 e. The van der Waals surface area contributed by atoms with Gasteiger partial charge in [0.2, 0.25) is 11.7 Å². The van der Waals surface area contributed by atoms with E-state index >= 15 is 0 Å². The summed E-state index contributed by atoms with van der Waals surface area (Å²) in [5.74, 6) is -1.05. The van der Waals surface area contributed by atoms with E-state index < -0.39 is 41.1 Å². The molecule has 1 fully saturated rings. The Balaban J connectivity index is 1.26. The second-order valence-corrected chi connectivity index (χ2v) is 12.8. The number of hydrogen-bond acceptors (Lipinski definition) is 10. The number of ether oxygens (including phenoxy) is 2. The van der Waals surface area contributed by atoms with Crippen LogP contribution in [0.15, 0.2) is 35.4 Å². The van der Waals surface area contributed by atoms with Gasteiger partial charge in [0.05, 0.1) is 59.7 Å². The predicted molar refractivity (Wildman–Crippen MR) is 171 cm³/mol. The molecule has 0 bridgehead atoms. The summed E-state index contributed by atoms with van der Waals surface area (Å²) in [6.07, 6.45) is -0.453. The summed E-state index contributed by atoms with van der Waals surface area (Å²) >= 11 is 6.12. The zero-order valence-corrected chi connectivity index (χ0v) is 27.3. The number of aryl methyl sites for hydroxylation is 1. The molecule has 18 heteroatoms. The van der Waals surface area contributed by atoms with Crippen LogP contribution in [0, 0.1) is 6.92 Å². The Morgan fingerprint density at radius 3 is 2.64 bits per heavy atom. The number of aromatic hydroxyl groups is 1. The van der Waals surface area contributed by atoms with Gasteiger partial charge in [-0.05, 0) is 50.0 Å². The molecule has 1 aromatic carbocycles. The summed E-state index contributed by atoms with van der Waals surface area (Å²) < 4.78 is 53.8. The van der Waals surface area contributed by atoms with Crippen molar-refractivity contribution >= 4 is 40.5 Å². The van der Waals surface area contributed by atoms with E-state index in [0.717, 1.165) is 28.3 Å². The van der Waals surface area contributed by atoms with Crippen LogP contribution in [0.4, 0.5) is 18.9 Å². The van der Waals surface area contributed by atoms with Crippen LogP contribution in [0.2, 0.25) is 5.02 Å². The van der Waals surface area contributed by atoms with Gasteiger partial charge in [-0.25, -0.2) is 9.97 Å². The first-order valence-corrected chi connectivity index (χ1v) is 16.1. The van der Waals surface area contributed by atoms with Crippen molar-refractivity contribution in [2.75, 3.05) is 38.2 Å². The molecule has 0 unspecified atom stereocenters. The summed E-state index contributed by atoms with van der Waals surface area (Å²) in [6.45, 7) is 2.50. The fraction of sp³-hybridized carbons (Fsp3) is 0.406. The zero-order chi connectivity index (χ0) is 35.4. The maximum Gasteiger partial charge on any atom is 0.416 e. The average Bonchev–Trinajstić information content (AvgIpc) is 3.55. The standard InChI is InChI=1S/C32H30ClF3N8O6/c1-17-26(46)25(38-16-37-17)29(48)42-8-6-31(7-9-42)15-50-14-22-24(31)28(47)44-30(40-27(41-44)18-4-10-49-11-5-18)43(22)13-23(45)39-21-3-2-19(12-20(21)33)32(34,35)36/h2-4,12,16,46H,5-11,13-15H2,1H3,(H,39,45). The number of carbonyl (C=O) groups is 2. The number of fused-ring (bicyclic) bond motifs is 3. The van der Waals surface area contributed by atoms with Gasteiger partial charge < -0.3 is 29.4 Å². The molecule has 3 aliphatic rings. The lowest BCUT2D eigenvalue weighted by Gasteiger charge is -2.44. The monoisotopic (exact) mass is 714 g/mol. The van der Waals surface area contributed by atoms with Crippen molar-refractivity contribution in [1.29, 1.82) is 0 Å². The lowest BCUT2D eigenvalue weighted by atomic mass is 9.72. The van der Waals surface area contributed by atoms with Crippen LogP contribution in [0.25, 0.3) is 11.4 Å². The molecule has 0 radical (unpaired) electrons. The molecule has 1 spiro atoms. The highest BCUT2D eigenvalue weighted by atomic mass is 35.5. The molecule has 4 aromatic rings.